The Hall–Kier alpha value is -0.440. The van der Waals surface area contributed by atoms with E-state index in [9.17, 15) is 0 Å². The highest BCUT2D eigenvalue weighted by atomic mass is 14.9. The van der Waals surface area contributed by atoms with E-state index >= 15 is 0 Å². The molecular weight excluding hydrogens is 240 g/mol. The van der Waals surface area contributed by atoms with Crippen LogP contribution in [0.25, 0.3) is 0 Å². The van der Waals surface area contributed by atoms with E-state index in [-0.39, 0.29) is 0 Å². The van der Waals surface area contributed by atoms with E-state index in [1.165, 1.54) is 35.5 Å². The summed E-state index contributed by atoms with van der Waals surface area (Å²) in [4.78, 5) is 0. The summed E-state index contributed by atoms with van der Waals surface area (Å²) in [7, 11) is 0. The average molecular weight is 262 g/mol. The van der Waals surface area contributed by atoms with Gasteiger partial charge in [0.25, 0.3) is 0 Å². The van der Waals surface area contributed by atoms with E-state index in [4.69, 9.17) is 0 Å². The Labute approximate surface area is 121 Å². The summed E-state index contributed by atoms with van der Waals surface area (Å²) in [5.41, 5.74) is 0. The summed E-state index contributed by atoms with van der Waals surface area (Å²) in [6.07, 6.45) is 6.34. The summed E-state index contributed by atoms with van der Waals surface area (Å²) in [5, 5.41) is 0. The quantitative estimate of drug-likeness (QED) is 0.588. The zero-order valence-corrected chi connectivity index (χ0v) is 11.9. The van der Waals surface area contributed by atoms with Gasteiger partial charge in [-0.1, -0.05) is 11.8 Å². The van der Waals surface area contributed by atoms with Crippen molar-refractivity contribution in [3.63, 3.8) is 0 Å². The van der Waals surface area contributed by atoms with Crippen molar-refractivity contribution < 1.29 is 0 Å². The Morgan fingerprint density at radius 1 is 0.400 bits per heavy atom. The summed E-state index contributed by atoms with van der Waals surface area (Å²) in [5.74, 6) is 23.3. The van der Waals surface area contributed by atoms with E-state index < -0.39 is 0 Å². The minimum absolute atomic E-state index is 0.887. The molecule has 20 heavy (non-hydrogen) atoms. The molecule has 0 aromatic carbocycles. The predicted octanol–water partition coefficient (Wildman–Crippen LogP) is 3.29. The molecule has 0 N–H and O–H groups in total. The van der Waals surface area contributed by atoms with E-state index in [2.05, 4.69) is 11.8 Å². The molecule has 7 fully saturated rings. The molecule has 0 heterocycles. The van der Waals surface area contributed by atoms with E-state index in [1.54, 1.807) is 25.7 Å². The van der Waals surface area contributed by atoms with Gasteiger partial charge in [-0.05, 0) is 96.7 Å². The van der Waals surface area contributed by atoms with Crippen molar-refractivity contribution >= 4 is 0 Å². The predicted molar refractivity (Wildman–Crippen MR) is 75.1 cm³/mol. The van der Waals surface area contributed by atoms with Gasteiger partial charge in [0, 0.05) is 11.8 Å². The number of hydrogen-bond acceptors (Lipinski definition) is 0. The molecule has 0 heteroatoms. The third kappa shape index (κ3) is 0.643. The van der Waals surface area contributed by atoms with Gasteiger partial charge in [0.2, 0.25) is 0 Å². The maximum Gasteiger partial charge on any atom is 0.0271 e. The molecule has 14 atom stereocenters. The van der Waals surface area contributed by atoms with Crippen LogP contribution in [0.3, 0.4) is 0 Å². The fourth-order valence-corrected chi connectivity index (χ4v) is 9.77. The van der Waals surface area contributed by atoms with Crippen LogP contribution in [-0.2, 0) is 0 Å². The maximum atomic E-state index is 3.80. The highest BCUT2D eigenvalue weighted by molar-refractivity contribution is 5.37. The van der Waals surface area contributed by atoms with Crippen LogP contribution in [0.2, 0.25) is 0 Å². The normalized spacial score (nSPS) is 81.2. The number of rotatable bonds is 0. The molecule has 0 radical (unpaired) electrons. The Kier molecular flexibility index (Phi) is 1.21. The topological polar surface area (TPSA) is 0 Å². The second-order valence-electron chi connectivity index (χ2n) is 9.77. The molecule has 9 rings (SSSR count). The molecule has 0 aromatic rings. The van der Waals surface area contributed by atoms with E-state index in [0.717, 1.165) is 47.3 Å². The van der Waals surface area contributed by atoms with Crippen LogP contribution >= 0.6 is 0 Å². The lowest BCUT2D eigenvalue weighted by molar-refractivity contribution is -0.379. The van der Waals surface area contributed by atoms with Gasteiger partial charge in [0.05, 0.1) is 0 Å². The molecular formula is C20H22. The lowest BCUT2D eigenvalue weighted by Crippen LogP contribution is -2.82. The summed E-state index contributed by atoms with van der Waals surface area (Å²) in [6.45, 7) is 0. The van der Waals surface area contributed by atoms with Crippen molar-refractivity contribution in [1.82, 2.24) is 0 Å². The number of hydrogen-bond donors (Lipinski definition) is 0. The molecule has 102 valence electrons. The van der Waals surface area contributed by atoms with Crippen LogP contribution < -0.4 is 0 Å². The first kappa shape index (κ1) is 9.55. The Morgan fingerprint density at radius 2 is 0.800 bits per heavy atom. The van der Waals surface area contributed by atoms with E-state index in [1.807, 2.05) is 0 Å². The first-order valence-electron chi connectivity index (χ1n) is 9.46. The van der Waals surface area contributed by atoms with Gasteiger partial charge < -0.3 is 0 Å². The van der Waals surface area contributed by atoms with Crippen LogP contribution in [0.4, 0.5) is 0 Å². The zero-order valence-electron chi connectivity index (χ0n) is 11.9. The number of fused-ring (bicyclic) bond motifs is 8. The van der Waals surface area contributed by atoms with Gasteiger partial charge >= 0.3 is 0 Å². The molecule has 9 aliphatic rings. The zero-order chi connectivity index (χ0) is 12.3. The third-order valence-corrected chi connectivity index (χ3v) is 10.4. The highest BCUT2D eigenvalue weighted by Gasteiger charge is 2.82. The van der Waals surface area contributed by atoms with Gasteiger partial charge in [-0.25, -0.2) is 0 Å². The molecule has 7 saturated carbocycles. The molecule has 2 bridgehead atoms. The Balaban J connectivity index is 1.24. The van der Waals surface area contributed by atoms with E-state index in [0.29, 0.717) is 0 Å². The van der Waals surface area contributed by atoms with Crippen LogP contribution in [0.15, 0.2) is 0 Å². The first-order chi connectivity index (χ1) is 9.95. The van der Waals surface area contributed by atoms with Crippen molar-refractivity contribution in [1.29, 1.82) is 0 Å². The second-order valence-corrected chi connectivity index (χ2v) is 9.77. The molecule has 0 nitrogen and oxygen atoms in total. The van der Waals surface area contributed by atoms with Crippen LogP contribution in [-0.4, -0.2) is 0 Å². The first-order valence-corrected chi connectivity index (χ1v) is 9.46. The van der Waals surface area contributed by atoms with Crippen LogP contribution in [0, 0.1) is 94.7 Å². The SMILES string of the molecule is C1#CC2C3C4CCC4C3C1C1C2C2C3C4CCC4C3C12. The minimum atomic E-state index is 0.887. The lowest BCUT2D eigenvalue weighted by Gasteiger charge is -2.86. The van der Waals surface area contributed by atoms with Crippen molar-refractivity contribution in [2.45, 2.75) is 25.7 Å². The summed E-state index contributed by atoms with van der Waals surface area (Å²) < 4.78 is 0. The van der Waals surface area contributed by atoms with Gasteiger partial charge in [0.1, 0.15) is 0 Å². The molecule has 9 aliphatic carbocycles. The highest BCUT2D eigenvalue weighted by Crippen LogP contribution is 2.85. The summed E-state index contributed by atoms with van der Waals surface area (Å²) in [6, 6.07) is 0. The van der Waals surface area contributed by atoms with Crippen molar-refractivity contribution in [3.05, 3.63) is 0 Å². The largest absolute Gasteiger partial charge is 0.0990 e. The fourth-order valence-electron chi connectivity index (χ4n) is 9.77. The molecule has 0 aliphatic heterocycles. The standard InChI is InChI=1S/C20H22/c1-2-8-7(1)13-11-5-6-12(14(8)13)18-17(11)19-15-9-3-4-10(9)16(15)20(18)19/h7-20H,1-4H2. The van der Waals surface area contributed by atoms with Gasteiger partial charge in [-0.3, -0.25) is 0 Å². The Bertz CT molecular complexity index is 570. The molecule has 14 unspecified atom stereocenters. The monoisotopic (exact) mass is 262 g/mol. The third-order valence-electron chi connectivity index (χ3n) is 10.4. The van der Waals surface area contributed by atoms with Gasteiger partial charge in [-0.2, -0.15) is 0 Å². The molecule has 0 amide bonds. The molecule has 0 saturated heterocycles. The smallest absolute Gasteiger partial charge is 0.0271 e. The molecule has 0 aromatic heterocycles. The minimum Gasteiger partial charge on any atom is -0.0990 e. The lowest BCUT2D eigenvalue weighted by atomic mass is 9.18. The van der Waals surface area contributed by atoms with Crippen molar-refractivity contribution in [2.75, 3.05) is 0 Å². The summed E-state index contributed by atoms with van der Waals surface area (Å²) >= 11 is 0. The second kappa shape index (κ2) is 2.53. The Morgan fingerprint density at radius 3 is 1.20 bits per heavy atom. The van der Waals surface area contributed by atoms with Crippen molar-refractivity contribution in [2.24, 2.45) is 82.9 Å². The maximum absolute atomic E-state index is 3.80. The average Bonchev–Trinajstić information content (AvgIpc) is 2.37. The fraction of sp³-hybridized carbons (Fsp3) is 0.900. The van der Waals surface area contributed by atoms with Crippen LogP contribution in [0.5, 0.6) is 0 Å². The van der Waals surface area contributed by atoms with Gasteiger partial charge in [0.15, 0.2) is 0 Å². The molecule has 0 spiro atoms. The van der Waals surface area contributed by atoms with Crippen molar-refractivity contribution in [3.8, 4) is 11.8 Å². The van der Waals surface area contributed by atoms with Crippen LogP contribution in [0.1, 0.15) is 25.7 Å². The van der Waals surface area contributed by atoms with Gasteiger partial charge in [-0.15, -0.1) is 0 Å².